The fraction of sp³-hybridized carbons (Fsp3) is 0.667. The lowest BCUT2D eigenvalue weighted by Crippen LogP contribution is -2.49. The molecule has 0 N–H and O–H groups in total. The molecule has 1 saturated carbocycles. The first kappa shape index (κ1) is 14.6. The highest BCUT2D eigenvalue weighted by Crippen LogP contribution is 2.25. The largest absolute Gasteiger partial charge is 0.298 e. The molecule has 0 bridgehead atoms. The second-order valence-corrected chi connectivity index (χ2v) is 6.64. The molecule has 5 heteroatoms. The van der Waals surface area contributed by atoms with Crippen LogP contribution in [-0.4, -0.2) is 47.0 Å². The average molecular weight is 314 g/mol. The molecule has 0 radical (unpaired) electrons. The van der Waals surface area contributed by atoms with Crippen LogP contribution in [0.1, 0.15) is 31.2 Å². The first-order valence-electron chi connectivity index (χ1n) is 7.49. The van der Waals surface area contributed by atoms with E-state index in [1.807, 2.05) is 0 Å². The summed E-state index contributed by atoms with van der Waals surface area (Å²) in [5, 5.41) is 1.19. The van der Waals surface area contributed by atoms with Crippen LogP contribution >= 0.6 is 23.2 Å². The molecule has 2 fully saturated rings. The van der Waals surface area contributed by atoms with Crippen molar-refractivity contribution in [2.45, 2.75) is 38.3 Å². The minimum absolute atomic E-state index is 0.463. The lowest BCUT2D eigenvalue weighted by molar-refractivity contribution is 0.0936. The number of hydrogen-bond acceptors (Lipinski definition) is 3. The number of nitrogens with zero attached hydrogens (tertiary/aromatic N) is 3. The van der Waals surface area contributed by atoms with Crippen LogP contribution < -0.4 is 0 Å². The van der Waals surface area contributed by atoms with Gasteiger partial charge in [0.2, 0.25) is 0 Å². The van der Waals surface area contributed by atoms with Gasteiger partial charge in [0.25, 0.3) is 0 Å². The van der Waals surface area contributed by atoms with Crippen LogP contribution in [0.25, 0.3) is 0 Å². The summed E-state index contributed by atoms with van der Waals surface area (Å²) in [6, 6.07) is 2.57. The molecule has 1 aromatic rings. The van der Waals surface area contributed by atoms with Gasteiger partial charge >= 0.3 is 0 Å². The maximum atomic E-state index is 6.22. The maximum Gasteiger partial charge on any atom is 0.130 e. The molecule has 0 aromatic carbocycles. The lowest BCUT2D eigenvalue weighted by atomic mass is 10.1. The molecule has 1 aliphatic carbocycles. The topological polar surface area (TPSA) is 19.4 Å². The van der Waals surface area contributed by atoms with E-state index in [4.69, 9.17) is 23.2 Å². The first-order chi connectivity index (χ1) is 9.72. The third-order valence-corrected chi connectivity index (χ3v) is 5.10. The summed E-state index contributed by atoms with van der Waals surface area (Å²) in [6.45, 7) is 5.49. The van der Waals surface area contributed by atoms with Gasteiger partial charge in [0, 0.05) is 55.5 Å². The molecular formula is C15H21Cl2N3. The van der Waals surface area contributed by atoms with E-state index in [1.165, 1.54) is 38.8 Å². The van der Waals surface area contributed by atoms with Gasteiger partial charge in [0.15, 0.2) is 0 Å². The maximum absolute atomic E-state index is 6.22. The number of piperazine rings is 1. The molecule has 0 spiro atoms. The van der Waals surface area contributed by atoms with E-state index < -0.39 is 0 Å². The zero-order valence-corrected chi connectivity index (χ0v) is 13.2. The predicted octanol–water partition coefficient (Wildman–Crippen LogP) is 3.45. The Morgan fingerprint density at radius 1 is 1.10 bits per heavy atom. The molecule has 20 heavy (non-hydrogen) atoms. The molecule has 0 atom stereocenters. The number of halogens is 2. The molecule has 1 aromatic heterocycles. The third-order valence-electron chi connectivity index (χ3n) is 4.54. The van der Waals surface area contributed by atoms with E-state index in [1.54, 1.807) is 12.3 Å². The van der Waals surface area contributed by atoms with Crippen LogP contribution in [0.3, 0.4) is 0 Å². The van der Waals surface area contributed by atoms with Crippen LogP contribution in [0.15, 0.2) is 12.3 Å². The molecule has 3 rings (SSSR count). The van der Waals surface area contributed by atoms with Crippen molar-refractivity contribution < 1.29 is 0 Å². The monoisotopic (exact) mass is 313 g/mol. The zero-order chi connectivity index (χ0) is 13.9. The fourth-order valence-electron chi connectivity index (χ4n) is 3.35. The second kappa shape index (κ2) is 6.61. The van der Waals surface area contributed by atoms with E-state index in [-0.39, 0.29) is 0 Å². The third kappa shape index (κ3) is 3.45. The van der Waals surface area contributed by atoms with Crippen molar-refractivity contribution in [3.63, 3.8) is 0 Å². The van der Waals surface area contributed by atoms with Crippen molar-refractivity contribution in [2.24, 2.45) is 0 Å². The summed E-state index contributed by atoms with van der Waals surface area (Å²) in [6.07, 6.45) is 7.42. The summed E-state index contributed by atoms with van der Waals surface area (Å²) >= 11 is 12.1. The molecule has 1 aliphatic heterocycles. The predicted molar refractivity (Wildman–Crippen MR) is 83.4 cm³/mol. The molecule has 110 valence electrons. The Morgan fingerprint density at radius 2 is 1.80 bits per heavy atom. The van der Waals surface area contributed by atoms with Crippen LogP contribution in [0, 0.1) is 0 Å². The van der Waals surface area contributed by atoms with Gasteiger partial charge in [-0.15, -0.1) is 0 Å². The standard InChI is InChI=1S/C15H21Cl2N3/c16-14-9-15(17)18-10-12(14)11-19-5-7-20(8-6-19)13-3-1-2-4-13/h9-10,13H,1-8,11H2. The number of aromatic nitrogens is 1. The van der Waals surface area contributed by atoms with Gasteiger partial charge in [-0.05, 0) is 18.9 Å². The minimum Gasteiger partial charge on any atom is -0.298 e. The van der Waals surface area contributed by atoms with Crippen LogP contribution in [0.2, 0.25) is 10.2 Å². The van der Waals surface area contributed by atoms with E-state index >= 15 is 0 Å². The lowest BCUT2D eigenvalue weighted by Gasteiger charge is -2.38. The highest BCUT2D eigenvalue weighted by Gasteiger charge is 2.26. The first-order valence-corrected chi connectivity index (χ1v) is 8.24. The zero-order valence-electron chi connectivity index (χ0n) is 11.7. The summed E-state index contributed by atoms with van der Waals surface area (Å²) in [4.78, 5) is 9.26. The number of pyridine rings is 1. The minimum atomic E-state index is 0.463. The van der Waals surface area contributed by atoms with Crippen molar-refractivity contribution >= 4 is 23.2 Å². The van der Waals surface area contributed by atoms with Gasteiger partial charge in [-0.2, -0.15) is 0 Å². The average Bonchev–Trinajstić information content (AvgIpc) is 2.97. The summed E-state index contributed by atoms with van der Waals surface area (Å²) in [5.41, 5.74) is 1.07. The molecule has 2 heterocycles. The Labute approximate surface area is 130 Å². The van der Waals surface area contributed by atoms with Gasteiger partial charge in [-0.1, -0.05) is 36.0 Å². The van der Waals surface area contributed by atoms with Crippen molar-refractivity contribution in [1.29, 1.82) is 0 Å². The van der Waals surface area contributed by atoms with Gasteiger partial charge in [-0.3, -0.25) is 9.80 Å². The molecule has 1 saturated heterocycles. The van der Waals surface area contributed by atoms with Crippen molar-refractivity contribution in [1.82, 2.24) is 14.8 Å². The highest BCUT2D eigenvalue weighted by atomic mass is 35.5. The van der Waals surface area contributed by atoms with Crippen LogP contribution in [0.5, 0.6) is 0 Å². The Kier molecular flexibility index (Phi) is 4.82. The smallest absolute Gasteiger partial charge is 0.130 e. The second-order valence-electron chi connectivity index (χ2n) is 5.85. The van der Waals surface area contributed by atoms with E-state index in [0.717, 1.165) is 36.3 Å². The summed E-state index contributed by atoms with van der Waals surface area (Å²) in [7, 11) is 0. The highest BCUT2D eigenvalue weighted by molar-refractivity contribution is 6.34. The van der Waals surface area contributed by atoms with Gasteiger partial charge < -0.3 is 0 Å². The van der Waals surface area contributed by atoms with Gasteiger partial charge in [-0.25, -0.2) is 4.98 Å². The SMILES string of the molecule is Clc1cc(Cl)c(CN2CCN(C3CCCC3)CC2)cn1. The quantitative estimate of drug-likeness (QED) is 0.797. The molecule has 2 aliphatic rings. The molecule has 0 amide bonds. The van der Waals surface area contributed by atoms with E-state index in [2.05, 4.69) is 14.8 Å². The van der Waals surface area contributed by atoms with Crippen molar-refractivity contribution in [2.75, 3.05) is 26.2 Å². The molecule has 3 nitrogen and oxygen atoms in total. The fourth-order valence-corrected chi connectivity index (χ4v) is 3.77. The normalized spacial score (nSPS) is 22.5. The Balaban J connectivity index is 1.53. The Hall–Kier alpha value is -0.350. The Bertz CT molecular complexity index is 452. The number of rotatable bonds is 3. The van der Waals surface area contributed by atoms with Crippen LogP contribution in [-0.2, 0) is 6.54 Å². The van der Waals surface area contributed by atoms with Crippen molar-refractivity contribution in [3.05, 3.63) is 28.0 Å². The number of hydrogen-bond donors (Lipinski definition) is 0. The van der Waals surface area contributed by atoms with Gasteiger partial charge in [0.1, 0.15) is 5.15 Å². The van der Waals surface area contributed by atoms with Crippen molar-refractivity contribution in [3.8, 4) is 0 Å². The van der Waals surface area contributed by atoms with Gasteiger partial charge in [0.05, 0.1) is 0 Å². The van der Waals surface area contributed by atoms with E-state index in [0.29, 0.717) is 5.15 Å². The Morgan fingerprint density at radius 3 is 2.45 bits per heavy atom. The van der Waals surface area contributed by atoms with Crippen LogP contribution in [0.4, 0.5) is 0 Å². The molecular weight excluding hydrogens is 293 g/mol. The summed E-state index contributed by atoms with van der Waals surface area (Å²) < 4.78 is 0. The summed E-state index contributed by atoms with van der Waals surface area (Å²) in [5.74, 6) is 0. The van der Waals surface area contributed by atoms with E-state index in [9.17, 15) is 0 Å². The molecule has 0 unspecified atom stereocenters.